The number of amides is 1. The lowest BCUT2D eigenvalue weighted by atomic mass is 9.90. The summed E-state index contributed by atoms with van der Waals surface area (Å²) in [6.07, 6.45) is 5.24. The lowest BCUT2D eigenvalue weighted by Crippen LogP contribution is -2.23. The number of carbonyl (C=O) groups excluding carboxylic acids is 1. The molecule has 1 saturated carbocycles. The quantitative estimate of drug-likeness (QED) is 0.775. The molecule has 3 rings (SSSR count). The maximum absolute atomic E-state index is 11.5. The Hall–Kier alpha value is -1.64. The summed E-state index contributed by atoms with van der Waals surface area (Å²) in [6.45, 7) is 0. The van der Waals surface area contributed by atoms with Crippen molar-refractivity contribution in [3.63, 3.8) is 0 Å². The van der Waals surface area contributed by atoms with Crippen LogP contribution in [0.2, 0.25) is 0 Å². The molecule has 3 nitrogen and oxygen atoms in total. The van der Waals surface area contributed by atoms with Crippen LogP contribution in [0.25, 0.3) is 0 Å². The first-order valence-electron chi connectivity index (χ1n) is 6.29. The molecule has 1 amide bonds. The van der Waals surface area contributed by atoms with E-state index >= 15 is 0 Å². The Morgan fingerprint density at radius 2 is 2.06 bits per heavy atom. The second kappa shape index (κ2) is 4.32. The van der Waals surface area contributed by atoms with Gasteiger partial charge in [-0.2, -0.15) is 5.10 Å². The SMILES string of the molecule is O=C(N/N=C1/CCCc2ccccc21)C1CC1. The zero-order valence-corrected chi connectivity index (χ0v) is 9.78. The van der Waals surface area contributed by atoms with Crippen molar-refractivity contribution in [2.75, 3.05) is 0 Å². The average Bonchev–Trinajstić information content (AvgIpc) is 3.20. The molecule has 0 radical (unpaired) electrons. The minimum Gasteiger partial charge on any atom is -0.273 e. The van der Waals surface area contributed by atoms with Crippen molar-refractivity contribution >= 4 is 11.6 Å². The Balaban J connectivity index is 1.79. The third-order valence-electron chi connectivity index (χ3n) is 3.44. The molecular weight excluding hydrogens is 212 g/mol. The van der Waals surface area contributed by atoms with Gasteiger partial charge in [-0.25, -0.2) is 5.43 Å². The maximum atomic E-state index is 11.5. The first kappa shape index (κ1) is 10.5. The van der Waals surface area contributed by atoms with Gasteiger partial charge >= 0.3 is 0 Å². The van der Waals surface area contributed by atoms with Gasteiger partial charge in [0, 0.05) is 11.5 Å². The number of hydrogen-bond acceptors (Lipinski definition) is 2. The molecule has 2 aliphatic rings. The second-order valence-corrected chi connectivity index (χ2v) is 4.82. The summed E-state index contributed by atoms with van der Waals surface area (Å²) >= 11 is 0. The standard InChI is InChI=1S/C14H16N2O/c17-14(11-8-9-11)16-15-13-7-3-5-10-4-1-2-6-12(10)13/h1-2,4,6,11H,3,5,7-9H2,(H,16,17)/b15-13-. The minimum atomic E-state index is 0.0838. The van der Waals surface area contributed by atoms with Gasteiger partial charge in [0.05, 0.1) is 5.71 Å². The van der Waals surface area contributed by atoms with Crippen LogP contribution in [0.4, 0.5) is 0 Å². The van der Waals surface area contributed by atoms with Crippen LogP contribution in [0, 0.1) is 5.92 Å². The molecule has 1 aromatic carbocycles. The fourth-order valence-electron chi connectivity index (χ4n) is 2.28. The number of nitrogens with one attached hydrogen (secondary N) is 1. The van der Waals surface area contributed by atoms with Crippen LogP contribution in [0.5, 0.6) is 0 Å². The summed E-state index contributed by atoms with van der Waals surface area (Å²) in [5, 5.41) is 4.30. The van der Waals surface area contributed by atoms with Gasteiger partial charge in [-0.3, -0.25) is 4.79 Å². The van der Waals surface area contributed by atoms with Gasteiger partial charge in [-0.1, -0.05) is 24.3 Å². The molecule has 0 atom stereocenters. The zero-order chi connectivity index (χ0) is 11.7. The molecule has 0 heterocycles. The summed E-state index contributed by atoms with van der Waals surface area (Å²) in [5.74, 6) is 0.304. The average molecular weight is 228 g/mol. The Bertz CT molecular complexity index is 475. The number of rotatable bonds is 2. The molecule has 0 saturated heterocycles. The van der Waals surface area contributed by atoms with E-state index in [-0.39, 0.29) is 11.8 Å². The number of nitrogens with zero attached hydrogens (tertiary/aromatic N) is 1. The molecule has 1 N–H and O–H groups in total. The van der Waals surface area contributed by atoms with Gasteiger partial charge in [-0.05, 0) is 37.7 Å². The first-order chi connectivity index (χ1) is 8.34. The van der Waals surface area contributed by atoms with Crippen LogP contribution in [0.1, 0.15) is 36.8 Å². The number of hydrogen-bond donors (Lipinski definition) is 1. The van der Waals surface area contributed by atoms with E-state index in [1.807, 2.05) is 6.07 Å². The van der Waals surface area contributed by atoms with Gasteiger partial charge in [-0.15, -0.1) is 0 Å². The van der Waals surface area contributed by atoms with E-state index in [2.05, 4.69) is 28.7 Å². The Morgan fingerprint density at radius 3 is 2.88 bits per heavy atom. The highest BCUT2D eigenvalue weighted by Crippen LogP contribution is 2.29. The van der Waals surface area contributed by atoms with Gasteiger partial charge in [0.15, 0.2) is 0 Å². The van der Waals surface area contributed by atoms with Crippen LogP contribution in [-0.4, -0.2) is 11.6 Å². The van der Waals surface area contributed by atoms with Gasteiger partial charge in [0.1, 0.15) is 0 Å². The topological polar surface area (TPSA) is 41.5 Å². The van der Waals surface area contributed by atoms with Crippen LogP contribution in [0.15, 0.2) is 29.4 Å². The number of carbonyl (C=O) groups is 1. The first-order valence-corrected chi connectivity index (χ1v) is 6.29. The minimum absolute atomic E-state index is 0.0838. The lowest BCUT2D eigenvalue weighted by molar-refractivity contribution is -0.122. The third-order valence-corrected chi connectivity index (χ3v) is 3.44. The van der Waals surface area contributed by atoms with Crippen LogP contribution in [0.3, 0.4) is 0 Å². The zero-order valence-electron chi connectivity index (χ0n) is 9.78. The predicted molar refractivity (Wildman–Crippen MR) is 66.8 cm³/mol. The molecule has 1 aromatic rings. The van der Waals surface area contributed by atoms with Crippen molar-refractivity contribution in [3.8, 4) is 0 Å². The number of aryl methyl sites for hydroxylation is 1. The van der Waals surface area contributed by atoms with E-state index in [1.165, 1.54) is 11.1 Å². The molecule has 0 aromatic heterocycles. The molecule has 3 heteroatoms. The van der Waals surface area contributed by atoms with Crippen molar-refractivity contribution in [1.29, 1.82) is 0 Å². The van der Waals surface area contributed by atoms with Crippen LogP contribution in [-0.2, 0) is 11.2 Å². The molecule has 1 fully saturated rings. The van der Waals surface area contributed by atoms with E-state index in [0.29, 0.717) is 0 Å². The number of fused-ring (bicyclic) bond motifs is 1. The van der Waals surface area contributed by atoms with E-state index in [4.69, 9.17) is 0 Å². The Kier molecular flexibility index (Phi) is 2.67. The highest BCUT2D eigenvalue weighted by Gasteiger charge is 2.29. The van der Waals surface area contributed by atoms with Crippen molar-refractivity contribution < 1.29 is 4.79 Å². The van der Waals surface area contributed by atoms with Gasteiger partial charge in [0.2, 0.25) is 5.91 Å². The highest BCUT2D eigenvalue weighted by molar-refractivity contribution is 6.03. The molecule has 0 spiro atoms. The normalized spacial score (nSPS) is 21.1. The fourth-order valence-corrected chi connectivity index (χ4v) is 2.28. The second-order valence-electron chi connectivity index (χ2n) is 4.82. The fraction of sp³-hybridized carbons (Fsp3) is 0.429. The van der Waals surface area contributed by atoms with Crippen molar-refractivity contribution in [1.82, 2.24) is 5.43 Å². The number of benzene rings is 1. The third kappa shape index (κ3) is 2.23. The predicted octanol–water partition coefficient (Wildman–Crippen LogP) is 2.25. The molecule has 0 bridgehead atoms. The Labute approximate surface area is 101 Å². The van der Waals surface area contributed by atoms with Crippen LogP contribution >= 0.6 is 0 Å². The smallest absolute Gasteiger partial charge is 0.243 e. The molecular formula is C14H16N2O. The summed E-state index contributed by atoms with van der Waals surface area (Å²) in [5.41, 5.74) is 6.28. The van der Waals surface area contributed by atoms with Crippen molar-refractivity contribution in [2.24, 2.45) is 11.0 Å². The van der Waals surface area contributed by atoms with Crippen molar-refractivity contribution in [2.45, 2.75) is 32.1 Å². The largest absolute Gasteiger partial charge is 0.273 e. The lowest BCUT2D eigenvalue weighted by Gasteiger charge is -2.17. The maximum Gasteiger partial charge on any atom is 0.243 e. The highest BCUT2D eigenvalue weighted by atomic mass is 16.2. The van der Waals surface area contributed by atoms with Gasteiger partial charge < -0.3 is 0 Å². The van der Waals surface area contributed by atoms with E-state index < -0.39 is 0 Å². The van der Waals surface area contributed by atoms with Crippen LogP contribution < -0.4 is 5.43 Å². The molecule has 0 aliphatic heterocycles. The molecule has 88 valence electrons. The van der Waals surface area contributed by atoms with Crippen molar-refractivity contribution in [3.05, 3.63) is 35.4 Å². The monoisotopic (exact) mass is 228 g/mol. The molecule has 0 unspecified atom stereocenters. The Morgan fingerprint density at radius 1 is 1.24 bits per heavy atom. The summed E-state index contributed by atoms with van der Waals surface area (Å²) in [7, 11) is 0. The summed E-state index contributed by atoms with van der Waals surface area (Å²) < 4.78 is 0. The van der Waals surface area contributed by atoms with Gasteiger partial charge in [0.25, 0.3) is 0 Å². The van der Waals surface area contributed by atoms with E-state index in [0.717, 1.165) is 37.8 Å². The molecule has 17 heavy (non-hydrogen) atoms. The molecule has 2 aliphatic carbocycles. The number of hydrazone groups is 1. The summed E-state index contributed by atoms with van der Waals surface area (Å²) in [6, 6.07) is 8.33. The van der Waals surface area contributed by atoms with E-state index in [9.17, 15) is 4.79 Å². The van der Waals surface area contributed by atoms with E-state index in [1.54, 1.807) is 0 Å². The summed E-state index contributed by atoms with van der Waals surface area (Å²) in [4.78, 5) is 11.5.